The van der Waals surface area contributed by atoms with Crippen LogP contribution in [0, 0.1) is 6.92 Å². The van der Waals surface area contributed by atoms with E-state index in [1.165, 1.54) is 5.56 Å². The molecule has 0 fully saturated rings. The zero-order valence-electron chi connectivity index (χ0n) is 12.0. The van der Waals surface area contributed by atoms with Crippen LogP contribution in [-0.4, -0.2) is 31.4 Å². The number of likely N-dealkylation sites (N-methyl/N-ethyl adjacent to an activating group) is 1. The van der Waals surface area contributed by atoms with Crippen molar-refractivity contribution in [1.29, 1.82) is 0 Å². The highest BCUT2D eigenvalue weighted by atomic mass is 16.5. The van der Waals surface area contributed by atoms with Crippen molar-refractivity contribution in [3.05, 3.63) is 60.2 Å². The van der Waals surface area contributed by atoms with Gasteiger partial charge in [0.2, 0.25) is 0 Å². The number of hydrogen-bond donors (Lipinski definition) is 1. The Morgan fingerprint density at radius 2 is 1.85 bits per heavy atom. The highest BCUT2D eigenvalue weighted by molar-refractivity contribution is 5.47. The fourth-order valence-corrected chi connectivity index (χ4v) is 2.05. The highest BCUT2D eigenvalue weighted by Gasteiger charge is 2.10. The number of anilines is 1. The lowest BCUT2D eigenvalue weighted by molar-refractivity contribution is 0.113. The van der Waals surface area contributed by atoms with Crippen LogP contribution in [0.15, 0.2) is 54.6 Å². The number of aliphatic hydroxyl groups excluding tert-OH is 1. The second kappa shape index (κ2) is 6.96. The van der Waals surface area contributed by atoms with Gasteiger partial charge in [-0.05, 0) is 36.8 Å². The van der Waals surface area contributed by atoms with Gasteiger partial charge >= 0.3 is 0 Å². The van der Waals surface area contributed by atoms with E-state index in [1.807, 2.05) is 54.4 Å². The molecule has 0 heterocycles. The summed E-state index contributed by atoms with van der Waals surface area (Å²) in [6.45, 7) is 2.89. The number of hydrogen-bond acceptors (Lipinski definition) is 3. The summed E-state index contributed by atoms with van der Waals surface area (Å²) in [5, 5.41) is 10.0. The number of nitrogens with zero attached hydrogens (tertiary/aromatic N) is 1. The van der Waals surface area contributed by atoms with E-state index >= 15 is 0 Å². The fourth-order valence-electron chi connectivity index (χ4n) is 2.05. The predicted molar refractivity (Wildman–Crippen MR) is 82.4 cm³/mol. The quantitative estimate of drug-likeness (QED) is 0.877. The van der Waals surface area contributed by atoms with Crippen molar-refractivity contribution >= 4 is 5.69 Å². The van der Waals surface area contributed by atoms with Crippen molar-refractivity contribution in [2.45, 2.75) is 13.0 Å². The van der Waals surface area contributed by atoms with Crippen LogP contribution < -0.4 is 9.64 Å². The van der Waals surface area contributed by atoms with Crippen LogP contribution in [-0.2, 0) is 0 Å². The van der Waals surface area contributed by atoms with Gasteiger partial charge < -0.3 is 14.7 Å². The molecular weight excluding hydrogens is 250 g/mol. The van der Waals surface area contributed by atoms with Crippen molar-refractivity contribution in [2.24, 2.45) is 0 Å². The van der Waals surface area contributed by atoms with E-state index in [4.69, 9.17) is 4.74 Å². The number of benzene rings is 2. The van der Waals surface area contributed by atoms with Crippen LogP contribution in [0.4, 0.5) is 5.69 Å². The van der Waals surface area contributed by atoms with Crippen LogP contribution in [0.3, 0.4) is 0 Å². The first kappa shape index (κ1) is 14.4. The Hall–Kier alpha value is -2.00. The molecule has 3 nitrogen and oxygen atoms in total. The molecule has 2 aromatic carbocycles. The SMILES string of the molecule is Cc1cccc(N(C)CC(O)COc2ccccc2)c1. The smallest absolute Gasteiger partial charge is 0.119 e. The van der Waals surface area contributed by atoms with E-state index < -0.39 is 6.10 Å². The molecule has 0 aliphatic rings. The first-order chi connectivity index (χ1) is 9.65. The van der Waals surface area contributed by atoms with Gasteiger partial charge in [0.15, 0.2) is 0 Å². The van der Waals surface area contributed by atoms with Gasteiger partial charge in [0.1, 0.15) is 18.5 Å². The van der Waals surface area contributed by atoms with Crippen LogP contribution >= 0.6 is 0 Å². The molecule has 20 heavy (non-hydrogen) atoms. The van der Waals surface area contributed by atoms with E-state index in [0.29, 0.717) is 13.2 Å². The van der Waals surface area contributed by atoms with Gasteiger partial charge in [-0.15, -0.1) is 0 Å². The standard InChI is InChI=1S/C17H21NO2/c1-14-7-6-8-15(11-14)18(2)12-16(19)13-20-17-9-4-3-5-10-17/h3-11,16,19H,12-13H2,1-2H3. The third-order valence-corrected chi connectivity index (χ3v) is 3.11. The van der Waals surface area contributed by atoms with Crippen LogP contribution in [0.5, 0.6) is 5.75 Å². The molecule has 106 valence electrons. The van der Waals surface area contributed by atoms with Gasteiger partial charge in [0, 0.05) is 19.3 Å². The highest BCUT2D eigenvalue weighted by Crippen LogP contribution is 2.15. The van der Waals surface area contributed by atoms with Gasteiger partial charge in [-0.2, -0.15) is 0 Å². The summed E-state index contributed by atoms with van der Waals surface area (Å²) in [5.41, 5.74) is 2.31. The van der Waals surface area contributed by atoms with Gasteiger partial charge in [0.25, 0.3) is 0 Å². The molecule has 0 saturated carbocycles. The molecule has 1 atom stereocenters. The Labute approximate surface area is 120 Å². The molecule has 0 spiro atoms. The van der Waals surface area contributed by atoms with Crippen molar-refractivity contribution in [2.75, 3.05) is 25.1 Å². The van der Waals surface area contributed by atoms with Crippen LogP contribution in [0.1, 0.15) is 5.56 Å². The Morgan fingerprint density at radius 1 is 1.10 bits per heavy atom. The number of ether oxygens (including phenoxy) is 1. The number of rotatable bonds is 6. The second-order valence-electron chi connectivity index (χ2n) is 5.00. The Balaban J connectivity index is 1.83. The van der Waals surface area contributed by atoms with E-state index in [9.17, 15) is 5.11 Å². The Bertz CT molecular complexity index is 528. The number of aryl methyl sites for hydroxylation is 1. The van der Waals surface area contributed by atoms with E-state index in [-0.39, 0.29) is 0 Å². The first-order valence-electron chi connectivity index (χ1n) is 6.79. The third-order valence-electron chi connectivity index (χ3n) is 3.11. The lowest BCUT2D eigenvalue weighted by atomic mass is 10.2. The van der Waals surface area contributed by atoms with E-state index in [2.05, 4.69) is 19.1 Å². The molecule has 1 unspecified atom stereocenters. The van der Waals surface area contributed by atoms with Gasteiger partial charge in [0.05, 0.1) is 0 Å². The second-order valence-corrected chi connectivity index (χ2v) is 5.00. The summed E-state index contributed by atoms with van der Waals surface area (Å²) in [4.78, 5) is 2.03. The molecule has 0 radical (unpaired) electrons. The minimum atomic E-state index is -0.527. The molecule has 0 aliphatic carbocycles. The van der Waals surface area contributed by atoms with Crippen LogP contribution in [0.2, 0.25) is 0 Å². The molecule has 0 aromatic heterocycles. The third kappa shape index (κ3) is 4.28. The zero-order valence-corrected chi connectivity index (χ0v) is 12.0. The zero-order chi connectivity index (χ0) is 14.4. The largest absolute Gasteiger partial charge is 0.491 e. The molecule has 2 aromatic rings. The minimum Gasteiger partial charge on any atom is -0.491 e. The maximum atomic E-state index is 10.0. The summed E-state index contributed by atoms with van der Waals surface area (Å²) >= 11 is 0. The summed E-state index contributed by atoms with van der Waals surface area (Å²) < 4.78 is 5.55. The first-order valence-corrected chi connectivity index (χ1v) is 6.79. The molecule has 0 bridgehead atoms. The molecule has 0 aliphatic heterocycles. The molecule has 0 amide bonds. The lowest BCUT2D eigenvalue weighted by Crippen LogP contribution is -2.33. The summed E-state index contributed by atoms with van der Waals surface area (Å²) in [7, 11) is 1.97. The average molecular weight is 271 g/mol. The minimum absolute atomic E-state index is 0.292. The topological polar surface area (TPSA) is 32.7 Å². The van der Waals surface area contributed by atoms with Crippen molar-refractivity contribution in [1.82, 2.24) is 0 Å². The molecular formula is C17H21NO2. The van der Waals surface area contributed by atoms with Crippen molar-refractivity contribution in [3.8, 4) is 5.75 Å². The van der Waals surface area contributed by atoms with Crippen molar-refractivity contribution in [3.63, 3.8) is 0 Å². The number of para-hydroxylation sites is 1. The van der Waals surface area contributed by atoms with Crippen molar-refractivity contribution < 1.29 is 9.84 Å². The van der Waals surface area contributed by atoms with Crippen LogP contribution in [0.25, 0.3) is 0 Å². The summed E-state index contributed by atoms with van der Waals surface area (Å²) in [6, 6.07) is 17.8. The molecule has 0 saturated heterocycles. The van der Waals surface area contributed by atoms with E-state index in [0.717, 1.165) is 11.4 Å². The average Bonchev–Trinajstić information content (AvgIpc) is 2.46. The van der Waals surface area contributed by atoms with Gasteiger partial charge in [-0.1, -0.05) is 30.3 Å². The Morgan fingerprint density at radius 3 is 2.55 bits per heavy atom. The molecule has 2 rings (SSSR count). The van der Waals surface area contributed by atoms with Gasteiger partial charge in [-0.3, -0.25) is 0 Å². The molecule has 1 N–H and O–H groups in total. The fraction of sp³-hybridized carbons (Fsp3) is 0.294. The maximum Gasteiger partial charge on any atom is 0.119 e. The number of aliphatic hydroxyl groups is 1. The normalized spacial score (nSPS) is 11.9. The van der Waals surface area contributed by atoms with Gasteiger partial charge in [-0.25, -0.2) is 0 Å². The summed E-state index contributed by atoms with van der Waals surface area (Å²) in [5.74, 6) is 0.782. The lowest BCUT2D eigenvalue weighted by Gasteiger charge is -2.23. The van der Waals surface area contributed by atoms with E-state index in [1.54, 1.807) is 0 Å². The Kier molecular flexibility index (Phi) is 5.02. The predicted octanol–water partition coefficient (Wildman–Crippen LogP) is 2.87. The molecule has 3 heteroatoms. The monoisotopic (exact) mass is 271 g/mol. The maximum absolute atomic E-state index is 10.0. The summed E-state index contributed by atoms with van der Waals surface area (Å²) in [6.07, 6.45) is -0.527.